The number of aliphatic hydroxyl groups excluding tert-OH is 1. The van der Waals surface area contributed by atoms with E-state index in [0.29, 0.717) is 12.4 Å². The zero-order valence-corrected chi connectivity index (χ0v) is 13.5. The summed E-state index contributed by atoms with van der Waals surface area (Å²) in [5, 5.41) is 12.5. The van der Waals surface area contributed by atoms with Gasteiger partial charge in [-0.1, -0.05) is 12.8 Å². The van der Waals surface area contributed by atoms with Crippen LogP contribution in [-0.2, 0) is 4.79 Å². The first-order valence-electron chi connectivity index (χ1n) is 8.32. The van der Waals surface area contributed by atoms with Gasteiger partial charge in [-0.2, -0.15) is 0 Å². The van der Waals surface area contributed by atoms with Gasteiger partial charge in [-0.15, -0.1) is 0 Å². The number of nitrogens with one attached hydrogen (secondary N) is 2. The zero-order valence-electron chi connectivity index (χ0n) is 13.5. The molecule has 3 rings (SSSR count). The number of carbonyl (C=O) groups excluding carboxylic acids is 1. The lowest BCUT2D eigenvalue weighted by Gasteiger charge is -2.18. The summed E-state index contributed by atoms with van der Waals surface area (Å²) in [7, 11) is 0. The van der Waals surface area contributed by atoms with Crippen molar-refractivity contribution >= 4 is 22.6 Å². The quantitative estimate of drug-likeness (QED) is 0.809. The Balaban J connectivity index is 1.64. The Kier molecular flexibility index (Phi) is 4.93. The number of H-pyrrole nitrogens is 1. The van der Waals surface area contributed by atoms with Gasteiger partial charge in [-0.3, -0.25) is 9.69 Å². The maximum Gasteiger partial charge on any atom is 0.238 e. The number of hydrogen-bond donors (Lipinski definition) is 3. The highest BCUT2D eigenvalue weighted by Crippen LogP contribution is 2.20. The minimum absolute atomic E-state index is 0.0153. The van der Waals surface area contributed by atoms with Gasteiger partial charge in [0.1, 0.15) is 11.9 Å². The monoisotopic (exact) mass is 316 g/mol. The Morgan fingerprint density at radius 1 is 1.35 bits per heavy atom. The number of aromatic amines is 1. The molecule has 6 heteroatoms. The lowest BCUT2D eigenvalue weighted by molar-refractivity contribution is -0.117. The molecule has 0 spiro atoms. The van der Waals surface area contributed by atoms with Crippen LogP contribution in [0.1, 0.15) is 44.5 Å². The van der Waals surface area contributed by atoms with Crippen LogP contribution in [0.2, 0.25) is 0 Å². The van der Waals surface area contributed by atoms with E-state index in [1.54, 1.807) is 6.92 Å². The summed E-state index contributed by atoms with van der Waals surface area (Å²) in [6.07, 6.45) is 4.24. The molecule has 1 aromatic carbocycles. The number of rotatable bonds is 4. The van der Waals surface area contributed by atoms with Crippen LogP contribution in [-0.4, -0.2) is 45.5 Å². The highest BCUT2D eigenvalue weighted by molar-refractivity contribution is 5.94. The predicted molar refractivity (Wildman–Crippen MR) is 90.3 cm³/mol. The van der Waals surface area contributed by atoms with Crippen molar-refractivity contribution in [2.45, 2.75) is 38.7 Å². The summed E-state index contributed by atoms with van der Waals surface area (Å²) in [5.74, 6) is 0.551. The molecule has 2 heterocycles. The van der Waals surface area contributed by atoms with Crippen LogP contribution in [0.4, 0.5) is 5.69 Å². The van der Waals surface area contributed by atoms with Crippen molar-refractivity contribution in [1.29, 1.82) is 0 Å². The molecule has 1 amide bonds. The van der Waals surface area contributed by atoms with Crippen molar-refractivity contribution in [2.75, 3.05) is 25.0 Å². The molecule has 1 aliphatic rings. The molecule has 23 heavy (non-hydrogen) atoms. The van der Waals surface area contributed by atoms with Gasteiger partial charge in [0.2, 0.25) is 5.91 Å². The van der Waals surface area contributed by atoms with E-state index in [0.717, 1.165) is 29.8 Å². The highest BCUT2D eigenvalue weighted by Gasteiger charge is 2.14. The number of likely N-dealkylation sites (tertiary alicyclic amines) is 1. The Hall–Kier alpha value is -1.92. The van der Waals surface area contributed by atoms with E-state index in [1.807, 2.05) is 18.2 Å². The third kappa shape index (κ3) is 4.09. The van der Waals surface area contributed by atoms with Gasteiger partial charge >= 0.3 is 0 Å². The maximum atomic E-state index is 12.2. The van der Waals surface area contributed by atoms with Crippen molar-refractivity contribution in [3.8, 4) is 0 Å². The van der Waals surface area contributed by atoms with Crippen LogP contribution in [0.5, 0.6) is 0 Å². The van der Waals surface area contributed by atoms with E-state index in [1.165, 1.54) is 25.7 Å². The summed E-state index contributed by atoms with van der Waals surface area (Å²) < 4.78 is 0. The number of carbonyl (C=O) groups is 1. The molecule has 0 radical (unpaired) electrons. The Bertz CT molecular complexity index is 672. The minimum atomic E-state index is -0.636. The third-order valence-electron chi connectivity index (χ3n) is 4.25. The standard InChI is InChI=1S/C17H24N4O2/c1-12(22)17-19-14-7-6-13(10-15(14)20-17)18-16(23)11-21-8-4-2-3-5-9-21/h6-7,10,12,22H,2-5,8-9,11H2,1H3,(H,18,23)(H,19,20). The van der Waals surface area contributed by atoms with Crippen LogP contribution >= 0.6 is 0 Å². The molecule has 1 aromatic heterocycles. The average molecular weight is 316 g/mol. The van der Waals surface area contributed by atoms with Gasteiger partial charge in [-0.05, 0) is 51.1 Å². The summed E-state index contributed by atoms with van der Waals surface area (Å²) in [6.45, 7) is 4.12. The second-order valence-corrected chi connectivity index (χ2v) is 6.27. The van der Waals surface area contributed by atoms with E-state index in [-0.39, 0.29) is 5.91 Å². The zero-order chi connectivity index (χ0) is 16.2. The lowest BCUT2D eigenvalue weighted by Crippen LogP contribution is -2.33. The van der Waals surface area contributed by atoms with Crippen molar-refractivity contribution in [3.63, 3.8) is 0 Å². The number of aliphatic hydroxyl groups is 1. The molecule has 6 nitrogen and oxygen atoms in total. The van der Waals surface area contributed by atoms with E-state index in [4.69, 9.17) is 0 Å². The summed E-state index contributed by atoms with van der Waals surface area (Å²) in [5.41, 5.74) is 2.35. The van der Waals surface area contributed by atoms with E-state index in [2.05, 4.69) is 20.2 Å². The van der Waals surface area contributed by atoms with E-state index in [9.17, 15) is 9.90 Å². The number of nitrogens with zero attached hydrogens (tertiary/aromatic N) is 2. The van der Waals surface area contributed by atoms with E-state index >= 15 is 0 Å². The smallest absolute Gasteiger partial charge is 0.238 e. The van der Waals surface area contributed by atoms with Crippen LogP contribution in [0.3, 0.4) is 0 Å². The number of fused-ring (bicyclic) bond motifs is 1. The molecule has 1 unspecified atom stereocenters. The average Bonchev–Trinajstić information content (AvgIpc) is 2.77. The number of benzene rings is 1. The molecular formula is C17H24N4O2. The van der Waals surface area contributed by atoms with Crippen molar-refractivity contribution in [3.05, 3.63) is 24.0 Å². The molecule has 124 valence electrons. The van der Waals surface area contributed by atoms with Gasteiger partial charge in [0, 0.05) is 5.69 Å². The van der Waals surface area contributed by atoms with Gasteiger partial charge in [0.15, 0.2) is 0 Å². The molecule has 0 saturated carbocycles. The summed E-state index contributed by atoms with van der Waals surface area (Å²) in [6, 6.07) is 5.54. The predicted octanol–water partition coefficient (Wildman–Crippen LogP) is 2.43. The summed E-state index contributed by atoms with van der Waals surface area (Å²) in [4.78, 5) is 21.8. The normalized spacial score (nSPS) is 17.8. The highest BCUT2D eigenvalue weighted by atomic mass is 16.3. The van der Waals surface area contributed by atoms with Gasteiger partial charge in [0.05, 0.1) is 17.6 Å². The SMILES string of the molecule is CC(O)c1nc2ccc(NC(=O)CN3CCCCCC3)cc2[nH]1. The summed E-state index contributed by atoms with van der Waals surface area (Å²) >= 11 is 0. The van der Waals surface area contributed by atoms with E-state index < -0.39 is 6.10 Å². The fraction of sp³-hybridized carbons (Fsp3) is 0.529. The largest absolute Gasteiger partial charge is 0.385 e. The van der Waals surface area contributed by atoms with Crippen molar-refractivity contribution in [2.24, 2.45) is 0 Å². The number of hydrogen-bond acceptors (Lipinski definition) is 4. The third-order valence-corrected chi connectivity index (χ3v) is 4.25. The van der Waals surface area contributed by atoms with Crippen molar-refractivity contribution < 1.29 is 9.90 Å². The maximum absolute atomic E-state index is 12.2. The first-order chi connectivity index (χ1) is 11.1. The Morgan fingerprint density at radius 2 is 2.09 bits per heavy atom. The van der Waals surface area contributed by atoms with Crippen LogP contribution in [0.25, 0.3) is 11.0 Å². The van der Waals surface area contributed by atoms with Crippen LogP contribution in [0.15, 0.2) is 18.2 Å². The van der Waals surface area contributed by atoms with Crippen LogP contribution < -0.4 is 5.32 Å². The topological polar surface area (TPSA) is 81.2 Å². The molecule has 1 fully saturated rings. The molecular weight excluding hydrogens is 292 g/mol. The fourth-order valence-corrected chi connectivity index (χ4v) is 3.00. The molecule has 1 atom stereocenters. The first-order valence-corrected chi connectivity index (χ1v) is 8.32. The number of imidazole rings is 1. The molecule has 0 aliphatic carbocycles. The molecule has 2 aromatic rings. The van der Waals surface area contributed by atoms with Gasteiger partial charge < -0.3 is 15.4 Å². The Morgan fingerprint density at radius 3 is 2.78 bits per heavy atom. The number of amides is 1. The number of anilines is 1. The minimum Gasteiger partial charge on any atom is -0.385 e. The van der Waals surface area contributed by atoms with Crippen LogP contribution in [0, 0.1) is 0 Å². The van der Waals surface area contributed by atoms with Gasteiger partial charge in [0.25, 0.3) is 0 Å². The fourth-order valence-electron chi connectivity index (χ4n) is 3.00. The van der Waals surface area contributed by atoms with Gasteiger partial charge in [-0.25, -0.2) is 4.98 Å². The molecule has 1 saturated heterocycles. The lowest BCUT2D eigenvalue weighted by atomic mass is 10.2. The second kappa shape index (κ2) is 7.10. The second-order valence-electron chi connectivity index (χ2n) is 6.27. The van der Waals surface area contributed by atoms with Crippen molar-refractivity contribution in [1.82, 2.24) is 14.9 Å². The Labute approximate surface area is 135 Å². The molecule has 1 aliphatic heterocycles. The first kappa shape index (κ1) is 16.0. The number of aromatic nitrogens is 2. The molecule has 0 bridgehead atoms. The molecule has 3 N–H and O–H groups in total.